The normalized spacial score (nSPS) is 15.3. The third-order valence-electron chi connectivity index (χ3n) is 4.52. The second-order valence-electron chi connectivity index (χ2n) is 6.72. The van der Waals surface area contributed by atoms with Crippen molar-refractivity contribution in [1.29, 1.82) is 0 Å². The molecule has 0 atom stereocenters. The summed E-state index contributed by atoms with van der Waals surface area (Å²) in [6, 6.07) is 7.16. The molecule has 2 aromatic carbocycles. The van der Waals surface area contributed by atoms with Gasteiger partial charge in [-0.25, -0.2) is 14.5 Å². The van der Waals surface area contributed by atoms with Crippen LogP contribution in [0.2, 0.25) is 5.02 Å². The van der Waals surface area contributed by atoms with Gasteiger partial charge in [-0.3, -0.25) is 14.9 Å². The highest BCUT2D eigenvalue weighted by molar-refractivity contribution is 9.10. The van der Waals surface area contributed by atoms with E-state index in [-0.39, 0.29) is 16.3 Å². The van der Waals surface area contributed by atoms with Gasteiger partial charge in [-0.2, -0.15) is 0 Å². The second kappa shape index (κ2) is 8.91. The lowest BCUT2D eigenvalue weighted by Gasteiger charge is -2.27. The highest BCUT2D eigenvalue weighted by Gasteiger charge is 2.37. The highest BCUT2D eigenvalue weighted by atomic mass is 79.9. The summed E-state index contributed by atoms with van der Waals surface area (Å²) in [5.41, 5.74) is 2.31. The highest BCUT2D eigenvalue weighted by Crippen LogP contribution is 2.35. The van der Waals surface area contributed by atoms with Crippen LogP contribution < -0.4 is 15.0 Å². The molecule has 4 amide bonds. The van der Waals surface area contributed by atoms with Crippen LogP contribution in [0.4, 0.5) is 10.5 Å². The lowest BCUT2D eigenvalue weighted by molar-refractivity contribution is -0.139. The van der Waals surface area contributed by atoms with Gasteiger partial charge in [0.2, 0.25) is 0 Å². The minimum atomic E-state index is -1.17. The Bertz CT molecular complexity index is 1140. The molecule has 1 aliphatic rings. The van der Waals surface area contributed by atoms with Crippen molar-refractivity contribution < 1.29 is 29.0 Å². The van der Waals surface area contributed by atoms with Crippen molar-refractivity contribution in [3.05, 3.63) is 62.1 Å². The topological polar surface area (TPSA) is 113 Å². The average molecular weight is 508 g/mol. The van der Waals surface area contributed by atoms with Crippen molar-refractivity contribution in [2.45, 2.75) is 13.8 Å². The number of barbiturate groups is 1. The number of urea groups is 1. The van der Waals surface area contributed by atoms with Gasteiger partial charge >= 0.3 is 12.0 Å². The number of carbonyl (C=O) groups is 4. The molecule has 160 valence electrons. The van der Waals surface area contributed by atoms with Crippen LogP contribution in [0.25, 0.3) is 6.08 Å². The molecule has 1 heterocycles. The van der Waals surface area contributed by atoms with E-state index >= 15 is 0 Å². The number of halogens is 2. The fourth-order valence-corrected chi connectivity index (χ4v) is 3.85. The first-order valence-electron chi connectivity index (χ1n) is 8.91. The molecule has 1 saturated heterocycles. The Labute approximate surface area is 190 Å². The minimum absolute atomic E-state index is 0.0771. The number of carbonyl (C=O) groups excluding carboxylic acids is 3. The van der Waals surface area contributed by atoms with Crippen LogP contribution in [0.15, 0.2) is 40.4 Å². The largest absolute Gasteiger partial charge is 0.479 e. The van der Waals surface area contributed by atoms with Crippen molar-refractivity contribution in [1.82, 2.24) is 5.32 Å². The van der Waals surface area contributed by atoms with Crippen LogP contribution in [0.1, 0.15) is 16.7 Å². The van der Waals surface area contributed by atoms with E-state index in [0.29, 0.717) is 15.7 Å². The molecule has 31 heavy (non-hydrogen) atoms. The number of nitrogens with one attached hydrogen (secondary N) is 1. The summed E-state index contributed by atoms with van der Waals surface area (Å²) in [4.78, 5) is 49.3. The number of hydrogen-bond donors (Lipinski definition) is 2. The molecule has 10 heteroatoms. The van der Waals surface area contributed by atoms with E-state index in [1.807, 2.05) is 13.8 Å². The molecule has 2 aromatic rings. The van der Waals surface area contributed by atoms with Gasteiger partial charge < -0.3 is 9.84 Å². The molecular weight excluding hydrogens is 492 g/mol. The average Bonchev–Trinajstić information content (AvgIpc) is 2.67. The summed E-state index contributed by atoms with van der Waals surface area (Å²) in [6.07, 6.45) is 1.29. The van der Waals surface area contributed by atoms with Gasteiger partial charge in [-0.15, -0.1) is 0 Å². The summed E-state index contributed by atoms with van der Waals surface area (Å²) in [5.74, 6) is -2.68. The molecule has 0 bridgehead atoms. The molecule has 8 nitrogen and oxygen atoms in total. The van der Waals surface area contributed by atoms with Gasteiger partial charge in [-0.05, 0) is 76.8 Å². The van der Waals surface area contributed by atoms with Crippen LogP contribution in [0.3, 0.4) is 0 Å². The summed E-state index contributed by atoms with van der Waals surface area (Å²) in [6.45, 7) is 3.16. The summed E-state index contributed by atoms with van der Waals surface area (Å²) < 4.78 is 5.46. The lowest BCUT2D eigenvalue weighted by Crippen LogP contribution is -2.54. The SMILES string of the molecule is Cc1ccc(N2C(=O)NC(=O)/C(=C\c3cc(Cl)c(OCC(=O)O)c(Br)c3)C2=O)cc1C. The van der Waals surface area contributed by atoms with Gasteiger partial charge in [0.25, 0.3) is 11.8 Å². The van der Waals surface area contributed by atoms with Crippen molar-refractivity contribution in [2.24, 2.45) is 0 Å². The van der Waals surface area contributed by atoms with Gasteiger partial charge in [0.05, 0.1) is 15.2 Å². The quantitative estimate of drug-likeness (QED) is 0.469. The Kier molecular flexibility index (Phi) is 6.47. The molecule has 0 spiro atoms. The van der Waals surface area contributed by atoms with Gasteiger partial charge in [-0.1, -0.05) is 17.7 Å². The molecule has 0 unspecified atom stereocenters. The van der Waals surface area contributed by atoms with E-state index in [0.717, 1.165) is 16.0 Å². The number of benzene rings is 2. The second-order valence-corrected chi connectivity index (χ2v) is 7.98. The van der Waals surface area contributed by atoms with Crippen LogP contribution >= 0.6 is 27.5 Å². The monoisotopic (exact) mass is 506 g/mol. The van der Waals surface area contributed by atoms with Crippen LogP contribution in [0, 0.1) is 13.8 Å². The third kappa shape index (κ3) is 4.78. The van der Waals surface area contributed by atoms with Crippen LogP contribution in [0.5, 0.6) is 5.75 Å². The molecule has 0 saturated carbocycles. The van der Waals surface area contributed by atoms with Crippen molar-refractivity contribution in [3.63, 3.8) is 0 Å². The van der Waals surface area contributed by atoms with E-state index in [2.05, 4.69) is 21.2 Å². The predicted octanol–water partition coefficient (Wildman–Crippen LogP) is 3.85. The zero-order valence-corrected chi connectivity index (χ0v) is 18.7. The third-order valence-corrected chi connectivity index (χ3v) is 5.39. The number of hydrogen-bond acceptors (Lipinski definition) is 5. The lowest BCUT2D eigenvalue weighted by atomic mass is 10.0. The van der Waals surface area contributed by atoms with Gasteiger partial charge in [0.15, 0.2) is 12.4 Å². The Morgan fingerprint density at radius 3 is 2.52 bits per heavy atom. The molecule has 1 fully saturated rings. The fraction of sp³-hybridized carbons (Fsp3) is 0.143. The Hall–Kier alpha value is -3.17. The van der Waals surface area contributed by atoms with Gasteiger partial charge in [0, 0.05) is 0 Å². The molecule has 2 N–H and O–H groups in total. The number of carboxylic acids is 1. The first-order valence-corrected chi connectivity index (χ1v) is 10.1. The number of rotatable bonds is 5. The summed E-state index contributed by atoms with van der Waals surface area (Å²) in [5, 5.41) is 11.0. The summed E-state index contributed by atoms with van der Waals surface area (Å²) >= 11 is 9.40. The van der Waals surface area contributed by atoms with Crippen LogP contribution in [-0.2, 0) is 14.4 Å². The molecule has 0 aromatic heterocycles. The minimum Gasteiger partial charge on any atom is -0.479 e. The van der Waals surface area contributed by atoms with E-state index in [1.165, 1.54) is 18.2 Å². The van der Waals surface area contributed by atoms with E-state index < -0.39 is 30.4 Å². The molecule has 1 aliphatic heterocycles. The van der Waals surface area contributed by atoms with E-state index in [9.17, 15) is 19.2 Å². The van der Waals surface area contributed by atoms with E-state index in [1.54, 1.807) is 18.2 Å². The molecule has 3 rings (SSSR count). The summed E-state index contributed by atoms with van der Waals surface area (Å²) in [7, 11) is 0. The number of amides is 4. The number of imide groups is 2. The number of aryl methyl sites for hydroxylation is 2. The number of aliphatic carboxylic acids is 1. The Morgan fingerprint density at radius 2 is 1.90 bits per heavy atom. The smallest absolute Gasteiger partial charge is 0.341 e. The zero-order chi connectivity index (χ0) is 22.9. The first-order chi connectivity index (χ1) is 14.6. The van der Waals surface area contributed by atoms with E-state index in [4.69, 9.17) is 21.4 Å². The maximum Gasteiger partial charge on any atom is 0.341 e. The van der Waals surface area contributed by atoms with Crippen molar-refractivity contribution in [2.75, 3.05) is 11.5 Å². The zero-order valence-electron chi connectivity index (χ0n) is 16.4. The molecular formula is C21H16BrClN2O6. The molecule has 0 radical (unpaired) electrons. The van der Waals surface area contributed by atoms with Crippen LogP contribution in [-0.4, -0.2) is 35.5 Å². The van der Waals surface area contributed by atoms with Crippen molar-refractivity contribution >= 4 is 63.1 Å². The number of anilines is 1. The fourth-order valence-electron chi connectivity index (χ4n) is 2.86. The molecule has 0 aliphatic carbocycles. The Morgan fingerprint density at radius 1 is 1.19 bits per heavy atom. The number of ether oxygens (including phenoxy) is 1. The standard InChI is InChI=1S/C21H16BrClN2O6/c1-10-3-4-13(5-11(10)2)25-20(29)14(19(28)24-21(25)30)6-12-7-15(22)18(16(23)8-12)31-9-17(26)27/h3-8H,9H2,1-2H3,(H,26,27)(H,24,28,30)/b14-6+. The maximum atomic E-state index is 13.0. The predicted molar refractivity (Wildman–Crippen MR) is 117 cm³/mol. The van der Waals surface area contributed by atoms with Gasteiger partial charge in [0.1, 0.15) is 5.57 Å². The Balaban J connectivity index is 1.98. The number of nitrogens with zero attached hydrogens (tertiary/aromatic N) is 1. The first kappa shape index (κ1) is 22.5. The maximum absolute atomic E-state index is 13.0. The number of carboxylic acid groups (broad SMARTS) is 1. The van der Waals surface area contributed by atoms with Crippen molar-refractivity contribution in [3.8, 4) is 5.75 Å².